The van der Waals surface area contributed by atoms with E-state index in [-0.39, 0.29) is 24.7 Å². The van der Waals surface area contributed by atoms with Crippen molar-refractivity contribution in [3.63, 3.8) is 0 Å². The first-order valence-corrected chi connectivity index (χ1v) is 12.6. The largest absolute Gasteiger partial charge is 0.463 e. The first-order valence-electron chi connectivity index (χ1n) is 12.3. The van der Waals surface area contributed by atoms with Gasteiger partial charge in [0.15, 0.2) is 0 Å². The Bertz CT molecular complexity index is 967. The van der Waals surface area contributed by atoms with Crippen LogP contribution >= 0.6 is 11.6 Å². The summed E-state index contributed by atoms with van der Waals surface area (Å²) >= 11 is 6.22. The molecule has 1 aromatic rings. The van der Waals surface area contributed by atoms with E-state index >= 15 is 0 Å². The lowest BCUT2D eigenvalue weighted by Crippen LogP contribution is -2.51. The lowest BCUT2D eigenvalue weighted by atomic mass is 9.94. The average molecular weight is 506 g/mol. The van der Waals surface area contributed by atoms with Crippen LogP contribution in [-0.4, -0.2) is 84.6 Å². The number of hydrogen-bond donors (Lipinski definition) is 2. The van der Waals surface area contributed by atoms with Crippen LogP contribution in [0.15, 0.2) is 35.5 Å². The van der Waals surface area contributed by atoms with Crippen molar-refractivity contribution >= 4 is 29.6 Å². The van der Waals surface area contributed by atoms with Crippen LogP contribution < -0.4 is 10.6 Å². The number of carbonyl (C=O) groups excluding carboxylic acids is 3. The van der Waals surface area contributed by atoms with Gasteiger partial charge in [-0.25, -0.2) is 14.4 Å². The van der Waals surface area contributed by atoms with Gasteiger partial charge in [0.1, 0.15) is 0 Å². The highest BCUT2D eigenvalue weighted by Crippen LogP contribution is 2.33. The summed E-state index contributed by atoms with van der Waals surface area (Å²) in [4.78, 5) is 44.4. The molecule has 1 saturated heterocycles. The number of amides is 4. The Morgan fingerprint density at radius 1 is 1.20 bits per heavy atom. The monoisotopic (exact) mass is 505 g/mol. The van der Waals surface area contributed by atoms with Gasteiger partial charge in [-0.05, 0) is 51.8 Å². The molecule has 1 aromatic carbocycles. The van der Waals surface area contributed by atoms with E-state index in [4.69, 9.17) is 16.3 Å². The maximum absolute atomic E-state index is 13.2. The molecule has 1 atom stereocenters. The number of hydrogen-bond acceptors (Lipinski definition) is 5. The lowest BCUT2D eigenvalue weighted by molar-refractivity contribution is -0.139. The Labute approximate surface area is 212 Å². The molecule has 192 valence electrons. The summed E-state index contributed by atoms with van der Waals surface area (Å²) in [6, 6.07) is 6.20. The zero-order valence-corrected chi connectivity index (χ0v) is 21.7. The van der Waals surface area contributed by atoms with Gasteiger partial charge in [0, 0.05) is 56.0 Å². The molecule has 2 aliphatic rings. The van der Waals surface area contributed by atoms with Crippen LogP contribution in [0, 0.1) is 0 Å². The van der Waals surface area contributed by atoms with Gasteiger partial charge in [-0.2, -0.15) is 0 Å². The van der Waals surface area contributed by atoms with Crippen LogP contribution in [0.3, 0.4) is 0 Å². The maximum Gasteiger partial charge on any atom is 0.338 e. The first kappa shape index (κ1) is 26.8. The van der Waals surface area contributed by atoms with Gasteiger partial charge in [-0.15, -0.1) is 0 Å². The molecule has 0 radical (unpaired) electrons. The average Bonchev–Trinajstić information content (AvgIpc) is 3.04. The third kappa shape index (κ3) is 6.67. The van der Waals surface area contributed by atoms with E-state index < -0.39 is 12.0 Å². The zero-order valence-electron chi connectivity index (χ0n) is 21.0. The standard InChI is InChI=1S/C25H36ClN5O4/c1-5-31-20(16-29-11-8-12-30(14-13-29)24(33)27-17(3)4)21(23(32)35-6-2)22(28-25(31)34)18-9-7-10-19(26)15-18/h7,9-10,15,17,22H,5-6,8,11-14,16H2,1-4H3,(H,27,33)(H,28,34). The smallest absolute Gasteiger partial charge is 0.338 e. The molecule has 0 spiro atoms. The fraction of sp³-hybridized carbons (Fsp3) is 0.560. The number of carbonyl (C=O) groups is 3. The molecule has 10 heteroatoms. The van der Waals surface area contributed by atoms with Crippen molar-refractivity contribution in [1.29, 1.82) is 0 Å². The maximum atomic E-state index is 13.2. The number of benzene rings is 1. The van der Waals surface area contributed by atoms with E-state index in [1.807, 2.05) is 31.7 Å². The van der Waals surface area contributed by atoms with Crippen LogP contribution in [0.2, 0.25) is 5.02 Å². The van der Waals surface area contributed by atoms with Crippen molar-refractivity contribution in [2.45, 2.75) is 46.2 Å². The van der Waals surface area contributed by atoms with Crippen molar-refractivity contribution in [2.24, 2.45) is 0 Å². The molecule has 1 unspecified atom stereocenters. The molecule has 2 heterocycles. The summed E-state index contributed by atoms with van der Waals surface area (Å²) in [5, 5.41) is 6.43. The second kappa shape index (κ2) is 12.3. The van der Waals surface area contributed by atoms with Gasteiger partial charge in [-0.3, -0.25) is 9.80 Å². The second-order valence-corrected chi connectivity index (χ2v) is 9.42. The molecular weight excluding hydrogens is 470 g/mol. The lowest BCUT2D eigenvalue weighted by Gasteiger charge is -2.38. The molecule has 2 aliphatic heterocycles. The van der Waals surface area contributed by atoms with Crippen LogP contribution in [0.25, 0.3) is 0 Å². The molecule has 4 amide bonds. The van der Waals surface area contributed by atoms with Gasteiger partial charge in [0.05, 0.1) is 18.2 Å². The van der Waals surface area contributed by atoms with Crippen molar-refractivity contribution < 1.29 is 19.1 Å². The third-order valence-electron chi connectivity index (χ3n) is 6.09. The van der Waals surface area contributed by atoms with E-state index in [9.17, 15) is 14.4 Å². The van der Waals surface area contributed by atoms with Gasteiger partial charge >= 0.3 is 18.0 Å². The highest BCUT2D eigenvalue weighted by Gasteiger charge is 2.38. The Kier molecular flexibility index (Phi) is 9.40. The summed E-state index contributed by atoms with van der Waals surface area (Å²) in [5.41, 5.74) is 1.75. The number of likely N-dealkylation sites (N-methyl/N-ethyl adjacent to an activating group) is 1. The number of esters is 1. The number of nitrogens with zero attached hydrogens (tertiary/aromatic N) is 3. The molecule has 35 heavy (non-hydrogen) atoms. The van der Waals surface area contributed by atoms with Crippen molar-refractivity contribution in [1.82, 2.24) is 25.3 Å². The Hall–Kier alpha value is -2.78. The van der Waals surface area contributed by atoms with Gasteiger partial charge < -0.3 is 20.3 Å². The van der Waals surface area contributed by atoms with E-state index in [1.165, 1.54) is 0 Å². The van der Waals surface area contributed by atoms with E-state index in [1.54, 1.807) is 30.0 Å². The molecule has 1 fully saturated rings. The number of ether oxygens (including phenoxy) is 1. The van der Waals surface area contributed by atoms with Crippen molar-refractivity contribution in [3.05, 3.63) is 46.1 Å². The molecule has 9 nitrogen and oxygen atoms in total. The molecule has 0 saturated carbocycles. The topological polar surface area (TPSA) is 94.2 Å². The normalized spacial score (nSPS) is 19.5. The zero-order chi connectivity index (χ0) is 25.5. The molecular formula is C25H36ClN5O4. The summed E-state index contributed by atoms with van der Waals surface area (Å²) in [7, 11) is 0. The Morgan fingerprint density at radius 2 is 1.97 bits per heavy atom. The van der Waals surface area contributed by atoms with Gasteiger partial charge in [0.2, 0.25) is 0 Å². The van der Waals surface area contributed by atoms with Gasteiger partial charge in [0.25, 0.3) is 0 Å². The summed E-state index contributed by atoms with van der Waals surface area (Å²) < 4.78 is 5.43. The fourth-order valence-corrected chi connectivity index (χ4v) is 4.67. The quantitative estimate of drug-likeness (QED) is 0.554. The predicted octanol–water partition coefficient (Wildman–Crippen LogP) is 3.37. The summed E-state index contributed by atoms with van der Waals surface area (Å²) in [5.74, 6) is -0.460. The molecule has 2 N–H and O–H groups in total. The third-order valence-corrected chi connectivity index (χ3v) is 6.33. The van der Waals surface area contributed by atoms with Gasteiger partial charge in [-0.1, -0.05) is 23.7 Å². The van der Waals surface area contributed by atoms with Crippen LogP contribution in [-0.2, 0) is 9.53 Å². The fourth-order valence-electron chi connectivity index (χ4n) is 4.48. The van der Waals surface area contributed by atoms with E-state index in [0.29, 0.717) is 49.0 Å². The highest BCUT2D eigenvalue weighted by molar-refractivity contribution is 6.30. The number of urea groups is 2. The number of halogens is 1. The number of nitrogens with one attached hydrogen (secondary N) is 2. The molecule has 0 bridgehead atoms. The minimum atomic E-state index is -0.668. The van der Waals surface area contributed by atoms with E-state index in [0.717, 1.165) is 18.5 Å². The second-order valence-electron chi connectivity index (χ2n) is 8.98. The molecule has 0 aromatic heterocycles. The van der Waals surface area contributed by atoms with E-state index in [2.05, 4.69) is 15.5 Å². The van der Waals surface area contributed by atoms with Crippen LogP contribution in [0.1, 0.15) is 45.7 Å². The Balaban J connectivity index is 1.93. The SMILES string of the molecule is CCOC(=O)C1=C(CN2CCCN(C(=O)NC(C)C)CC2)N(CC)C(=O)NC1c1cccc(Cl)c1. The minimum Gasteiger partial charge on any atom is -0.463 e. The first-order chi connectivity index (χ1) is 16.7. The van der Waals surface area contributed by atoms with Crippen LogP contribution in [0.4, 0.5) is 9.59 Å². The summed E-state index contributed by atoms with van der Waals surface area (Å²) in [6.45, 7) is 11.1. The number of rotatable bonds is 7. The van der Waals surface area contributed by atoms with Crippen molar-refractivity contribution in [2.75, 3.05) is 45.9 Å². The highest BCUT2D eigenvalue weighted by atomic mass is 35.5. The Morgan fingerprint density at radius 3 is 2.63 bits per heavy atom. The summed E-state index contributed by atoms with van der Waals surface area (Å²) in [6.07, 6.45) is 0.795. The van der Waals surface area contributed by atoms with Crippen molar-refractivity contribution in [3.8, 4) is 0 Å². The minimum absolute atomic E-state index is 0.0680. The molecule has 0 aliphatic carbocycles. The predicted molar refractivity (Wildman–Crippen MR) is 135 cm³/mol. The van der Waals surface area contributed by atoms with Crippen LogP contribution in [0.5, 0.6) is 0 Å². The molecule has 3 rings (SSSR count).